The average molecular weight is 203 g/mol. The molecule has 0 fully saturated rings. The first-order valence-corrected chi connectivity index (χ1v) is 5.29. The molecule has 1 aromatic heterocycles. The van der Waals surface area contributed by atoms with Gasteiger partial charge in [0.2, 0.25) is 0 Å². The summed E-state index contributed by atoms with van der Waals surface area (Å²) in [6.45, 7) is 0. The summed E-state index contributed by atoms with van der Waals surface area (Å²) in [5, 5.41) is 2.07. The highest BCUT2D eigenvalue weighted by atomic mass is 32.1. The molecule has 14 heavy (non-hydrogen) atoms. The van der Waals surface area contributed by atoms with Gasteiger partial charge in [0.25, 0.3) is 0 Å². The molecule has 0 aliphatic heterocycles. The zero-order valence-corrected chi connectivity index (χ0v) is 8.75. The summed E-state index contributed by atoms with van der Waals surface area (Å²) in [5.74, 6) is 0.918. The summed E-state index contributed by atoms with van der Waals surface area (Å²) >= 11 is 1.73. The summed E-state index contributed by atoms with van der Waals surface area (Å²) in [4.78, 5) is 1.24. The molecule has 0 amide bonds. The number of thiophene rings is 1. The normalized spacial score (nSPS) is 10.1. The largest absolute Gasteiger partial charge is 0.496 e. The molecule has 2 heteroatoms. The molecule has 0 atom stereocenters. The van der Waals surface area contributed by atoms with Gasteiger partial charge in [-0.25, -0.2) is 0 Å². The number of rotatable bonds is 3. The van der Waals surface area contributed by atoms with Gasteiger partial charge in [-0.2, -0.15) is 0 Å². The van der Waals surface area contributed by atoms with Crippen molar-refractivity contribution in [2.75, 3.05) is 7.11 Å². The minimum absolute atomic E-state index is 0.918. The van der Waals surface area contributed by atoms with E-state index in [1.807, 2.05) is 24.3 Å². The third kappa shape index (κ3) is 1.96. The lowest BCUT2D eigenvalue weighted by Crippen LogP contribution is -1.89. The molecule has 0 unspecified atom stereocenters. The van der Waals surface area contributed by atoms with E-state index >= 15 is 0 Å². The fraction of sp³-hybridized carbons (Fsp3) is 0.0833. The van der Waals surface area contributed by atoms with Gasteiger partial charge in [-0.15, -0.1) is 11.3 Å². The molecule has 0 bridgehead atoms. The monoisotopic (exact) mass is 203 g/mol. The standard InChI is InChI=1S/C12H11OS/c1-13-12-7-3-2-5-10(12)9-11-6-4-8-14-11/h2-9H,1H3. The Morgan fingerprint density at radius 1 is 1.14 bits per heavy atom. The van der Waals surface area contributed by atoms with Gasteiger partial charge in [-0.05, 0) is 17.5 Å². The van der Waals surface area contributed by atoms with Crippen LogP contribution >= 0.6 is 11.3 Å². The Hall–Kier alpha value is -1.28. The molecule has 2 rings (SSSR count). The molecular weight excluding hydrogens is 192 g/mol. The average Bonchev–Trinajstić information content (AvgIpc) is 2.71. The van der Waals surface area contributed by atoms with E-state index in [2.05, 4.69) is 23.9 Å². The molecule has 0 N–H and O–H groups in total. The van der Waals surface area contributed by atoms with Crippen LogP contribution in [-0.4, -0.2) is 7.11 Å². The summed E-state index contributed by atoms with van der Waals surface area (Å²) in [6, 6.07) is 12.2. The zero-order chi connectivity index (χ0) is 9.80. The lowest BCUT2D eigenvalue weighted by molar-refractivity contribution is 0.412. The van der Waals surface area contributed by atoms with Crippen molar-refractivity contribution in [3.8, 4) is 5.75 Å². The van der Waals surface area contributed by atoms with E-state index in [1.165, 1.54) is 4.88 Å². The topological polar surface area (TPSA) is 9.23 Å². The van der Waals surface area contributed by atoms with Gasteiger partial charge in [0.1, 0.15) is 5.75 Å². The van der Waals surface area contributed by atoms with Gasteiger partial charge in [0, 0.05) is 16.9 Å². The number of hydrogen-bond acceptors (Lipinski definition) is 2. The van der Waals surface area contributed by atoms with E-state index in [9.17, 15) is 0 Å². The number of para-hydroxylation sites is 1. The first-order chi connectivity index (χ1) is 6.90. The van der Waals surface area contributed by atoms with Gasteiger partial charge in [-0.3, -0.25) is 0 Å². The number of benzene rings is 1. The van der Waals surface area contributed by atoms with Crippen LogP contribution < -0.4 is 4.74 Å². The van der Waals surface area contributed by atoms with Crippen molar-refractivity contribution in [2.24, 2.45) is 0 Å². The molecule has 1 aromatic carbocycles. The van der Waals surface area contributed by atoms with Crippen molar-refractivity contribution >= 4 is 11.3 Å². The summed E-state index contributed by atoms with van der Waals surface area (Å²) in [7, 11) is 1.70. The van der Waals surface area contributed by atoms with Crippen LogP contribution in [0.4, 0.5) is 0 Å². The molecule has 1 nitrogen and oxygen atoms in total. The summed E-state index contributed by atoms with van der Waals surface area (Å²) in [5.41, 5.74) is 1.12. The number of ether oxygens (including phenoxy) is 1. The van der Waals surface area contributed by atoms with Gasteiger partial charge >= 0.3 is 0 Å². The molecule has 0 spiro atoms. The van der Waals surface area contributed by atoms with Gasteiger partial charge in [0.15, 0.2) is 0 Å². The van der Waals surface area contributed by atoms with Crippen molar-refractivity contribution in [3.63, 3.8) is 0 Å². The second kappa shape index (κ2) is 4.29. The van der Waals surface area contributed by atoms with Crippen molar-refractivity contribution in [1.29, 1.82) is 0 Å². The molecule has 1 radical (unpaired) electrons. The number of methoxy groups -OCH3 is 1. The predicted molar refractivity (Wildman–Crippen MR) is 59.8 cm³/mol. The fourth-order valence-corrected chi connectivity index (χ4v) is 1.98. The van der Waals surface area contributed by atoms with Gasteiger partial charge in [0.05, 0.1) is 7.11 Å². The van der Waals surface area contributed by atoms with Crippen LogP contribution in [0.1, 0.15) is 10.4 Å². The second-order valence-corrected chi connectivity index (χ2v) is 3.88. The van der Waals surface area contributed by atoms with Crippen LogP contribution in [0.3, 0.4) is 0 Å². The van der Waals surface area contributed by atoms with Crippen molar-refractivity contribution in [1.82, 2.24) is 0 Å². The van der Waals surface area contributed by atoms with Crippen LogP contribution in [0.5, 0.6) is 5.75 Å². The van der Waals surface area contributed by atoms with Crippen LogP contribution in [0.25, 0.3) is 0 Å². The molecule has 1 heterocycles. The van der Waals surface area contributed by atoms with Crippen molar-refractivity contribution in [3.05, 3.63) is 58.6 Å². The van der Waals surface area contributed by atoms with E-state index in [0.717, 1.165) is 11.3 Å². The number of hydrogen-bond donors (Lipinski definition) is 0. The lowest BCUT2D eigenvalue weighted by atomic mass is 10.1. The summed E-state index contributed by atoms with van der Waals surface area (Å²) < 4.78 is 5.27. The highest BCUT2D eigenvalue weighted by Gasteiger charge is 2.03. The third-order valence-electron chi connectivity index (χ3n) is 1.98. The van der Waals surface area contributed by atoms with E-state index in [4.69, 9.17) is 4.74 Å². The maximum absolute atomic E-state index is 5.27. The smallest absolute Gasteiger partial charge is 0.122 e. The van der Waals surface area contributed by atoms with Crippen LogP contribution in [-0.2, 0) is 0 Å². The highest BCUT2D eigenvalue weighted by Crippen LogP contribution is 2.24. The Labute approximate surface area is 88.0 Å². The van der Waals surface area contributed by atoms with E-state index in [-0.39, 0.29) is 0 Å². The quantitative estimate of drug-likeness (QED) is 0.743. The Morgan fingerprint density at radius 3 is 2.71 bits per heavy atom. The Kier molecular flexibility index (Phi) is 2.84. The zero-order valence-electron chi connectivity index (χ0n) is 7.94. The fourth-order valence-electron chi connectivity index (χ4n) is 1.31. The SMILES string of the molecule is COc1ccccc1[CH]c1cccs1. The van der Waals surface area contributed by atoms with Crippen LogP contribution in [0.15, 0.2) is 41.8 Å². The molecule has 0 aliphatic rings. The van der Waals surface area contributed by atoms with Crippen LogP contribution in [0, 0.1) is 6.42 Å². The maximum Gasteiger partial charge on any atom is 0.122 e. The van der Waals surface area contributed by atoms with Crippen LogP contribution in [0.2, 0.25) is 0 Å². The molecule has 0 saturated carbocycles. The van der Waals surface area contributed by atoms with E-state index in [1.54, 1.807) is 18.4 Å². The minimum atomic E-state index is 0.918. The van der Waals surface area contributed by atoms with E-state index < -0.39 is 0 Å². The van der Waals surface area contributed by atoms with Gasteiger partial charge < -0.3 is 4.74 Å². The van der Waals surface area contributed by atoms with E-state index in [0.29, 0.717) is 0 Å². The minimum Gasteiger partial charge on any atom is -0.496 e. The first-order valence-electron chi connectivity index (χ1n) is 4.41. The molecule has 0 aliphatic carbocycles. The maximum atomic E-state index is 5.27. The molecular formula is C12H11OS. The highest BCUT2D eigenvalue weighted by molar-refractivity contribution is 7.10. The predicted octanol–water partition coefficient (Wildman–Crippen LogP) is 3.36. The third-order valence-corrected chi connectivity index (χ3v) is 2.80. The second-order valence-electron chi connectivity index (χ2n) is 2.90. The molecule has 0 saturated heterocycles. The lowest BCUT2D eigenvalue weighted by Gasteiger charge is -2.05. The Balaban J connectivity index is 2.24. The molecule has 2 aromatic rings. The van der Waals surface area contributed by atoms with Crippen molar-refractivity contribution in [2.45, 2.75) is 0 Å². The summed E-state index contributed by atoms with van der Waals surface area (Å²) in [6.07, 6.45) is 2.13. The van der Waals surface area contributed by atoms with Gasteiger partial charge in [-0.1, -0.05) is 24.3 Å². The first kappa shape index (κ1) is 9.28. The Morgan fingerprint density at radius 2 is 2.00 bits per heavy atom. The Bertz CT molecular complexity index is 392. The van der Waals surface area contributed by atoms with Crippen molar-refractivity contribution < 1.29 is 4.74 Å². The molecule has 71 valence electrons.